The molecule has 1 fully saturated rings. The van der Waals surface area contributed by atoms with Crippen molar-refractivity contribution in [2.75, 3.05) is 37.5 Å². The van der Waals surface area contributed by atoms with Gasteiger partial charge in [0.1, 0.15) is 11.8 Å². The van der Waals surface area contributed by atoms with Crippen LogP contribution in [0.25, 0.3) is 0 Å². The van der Waals surface area contributed by atoms with Crippen LogP contribution in [-0.2, 0) is 16.0 Å². The molecule has 11 nitrogen and oxygen atoms in total. The minimum Gasteiger partial charge on any atom is -0.480 e. The quantitative estimate of drug-likeness (QED) is 0.611. The van der Waals surface area contributed by atoms with Gasteiger partial charge in [-0.1, -0.05) is 12.1 Å². The molecule has 3 rings (SSSR count). The fraction of sp³-hybridized carbons (Fsp3) is 0.476. The van der Waals surface area contributed by atoms with Gasteiger partial charge in [-0.2, -0.15) is 15.0 Å². The number of anilines is 2. The van der Waals surface area contributed by atoms with Crippen LogP contribution in [0.3, 0.4) is 0 Å². The summed E-state index contributed by atoms with van der Waals surface area (Å²) >= 11 is 6.12. The Balaban J connectivity index is 1.74. The summed E-state index contributed by atoms with van der Waals surface area (Å²) in [5.74, 6) is -0.291. The van der Waals surface area contributed by atoms with E-state index in [4.69, 9.17) is 21.1 Å². The van der Waals surface area contributed by atoms with E-state index in [0.29, 0.717) is 24.9 Å². The van der Waals surface area contributed by atoms with E-state index in [9.17, 15) is 14.7 Å². The van der Waals surface area contributed by atoms with Gasteiger partial charge in [-0.15, -0.1) is 0 Å². The van der Waals surface area contributed by atoms with Crippen molar-refractivity contribution < 1.29 is 24.2 Å². The first-order valence-electron chi connectivity index (χ1n) is 10.4. The summed E-state index contributed by atoms with van der Waals surface area (Å²) in [6, 6.07) is 5.62. The van der Waals surface area contributed by atoms with Crippen LogP contribution in [0.2, 0.25) is 5.28 Å². The number of nitrogens with one attached hydrogen (secondary N) is 1. The Morgan fingerprint density at radius 2 is 1.85 bits per heavy atom. The number of halogens is 1. The molecule has 1 aromatic carbocycles. The molecule has 0 bridgehead atoms. The van der Waals surface area contributed by atoms with Crippen LogP contribution >= 0.6 is 11.6 Å². The number of aromatic nitrogens is 3. The number of rotatable bonds is 7. The third-order valence-corrected chi connectivity index (χ3v) is 5.20. The highest BCUT2D eigenvalue weighted by atomic mass is 35.5. The minimum absolute atomic E-state index is 0.0236. The molecule has 1 aromatic heterocycles. The summed E-state index contributed by atoms with van der Waals surface area (Å²) < 4.78 is 10.7. The maximum Gasteiger partial charge on any atom is 0.414 e. The summed E-state index contributed by atoms with van der Waals surface area (Å²) in [7, 11) is 3.16. The average molecular weight is 479 g/mol. The summed E-state index contributed by atoms with van der Waals surface area (Å²) in [4.78, 5) is 39.5. The molecule has 2 heterocycles. The van der Waals surface area contributed by atoms with Crippen molar-refractivity contribution in [1.82, 2.24) is 19.9 Å². The van der Waals surface area contributed by atoms with Gasteiger partial charge in [0.25, 0.3) is 0 Å². The molecule has 178 valence electrons. The van der Waals surface area contributed by atoms with Crippen LogP contribution in [0.5, 0.6) is 5.75 Å². The first kappa shape index (κ1) is 24.5. The number of aliphatic carboxylic acids is 1. The van der Waals surface area contributed by atoms with Crippen molar-refractivity contribution in [2.24, 2.45) is 0 Å². The summed E-state index contributed by atoms with van der Waals surface area (Å²) in [6.45, 7) is 5.02. The third kappa shape index (κ3) is 6.42. The normalized spacial score (nSPS) is 19.0. The molecule has 2 unspecified atom stereocenters. The number of hydrogen-bond donors (Lipinski definition) is 2. The number of amides is 1. The summed E-state index contributed by atoms with van der Waals surface area (Å²) in [5, 5.41) is 12.5. The van der Waals surface area contributed by atoms with E-state index in [2.05, 4.69) is 20.3 Å². The number of carboxylic acids is 1. The van der Waals surface area contributed by atoms with Gasteiger partial charge in [0.05, 0.1) is 25.3 Å². The average Bonchev–Trinajstić information content (AvgIpc) is 2.74. The first-order valence-corrected chi connectivity index (χ1v) is 10.8. The van der Waals surface area contributed by atoms with Crippen LogP contribution in [0.1, 0.15) is 19.4 Å². The molecule has 0 spiro atoms. The Morgan fingerprint density at radius 3 is 2.42 bits per heavy atom. The van der Waals surface area contributed by atoms with Crippen molar-refractivity contribution in [3.63, 3.8) is 0 Å². The fourth-order valence-corrected chi connectivity index (χ4v) is 3.55. The number of nitrogens with zero attached hydrogens (tertiary/aromatic N) is 5. The predicted octanol–water partition coefficient (Wildman–Crippen LogP) is 2.31. The van der Waals surface area contributed by atoms with Gasteiger partial charge in [0.15, 0.2) is 0 Å². The van der Waals surface area contributed by atoms with E-state index in [-0.39, 0.29) is 29.7 Å². The number of ether oxygens (including phenoxy) is 2. The molecule has 0 aliphatic carbocycles. The van der Waals surface area contributed by atoms with Gasteiger partial charge in [-0.3, -0.25) is 0 Å². The SMILES string of the molecule is CC1COCC(C)N1c1nc(Cl)nc(N[C@@H](Cc2ccc(OC(=O)N(C)C)cc2)C(=O)O)n1. The Bertz CT molecular complexity index is 980. The number of hydrogen-bond acceptors (Lipinski definition) is 9. The summed E-state index contributed by atoms with van der Waals surface area (Å²) in [6.07, 6.45) is -0.362. The lowest BCUT2D eigenvalue weighted by Crippen LogP contribution is -2.50. The van der Waals surface area contributed by atoms with Crippen molar-refractivity contribution in [3.05, 3.63) is 35.1 Å². The monoisotopic (exact) mass is 478 g/mol. The second-order valence-corrected chi connectivity index (χ2v) is 8.35. The number of carbonyl (C=O) groups is 2. The van der Waals surface area contributed by atoms with E-state index in [0.717, 1.165) is 5.56 Å². The van der Waals surface area contributed by atoms with Gasteiger partial charge in [0, 0.05) is 20.5 Å². The topological polar surface area (TPSA) is 130 Å². The van der Waals surface area contributed by atoms with Crippen LogP contribution < -0.4 is 15.0 Å². The third-order valence-electron chi connectivity index (χ3n) is 5.03. The van der Waals surface area contributed by atoms with Crippen LogP contribution in [0.15, 0.2) is 24.3 Å². The molecule has 0 radical (unpaired) electrons. The largest absolute Gasteiger partial charge is 0.480 e. The van der Waals surface area contributed by atoms with E-state index < -0.39 is 18.1 Å². The molecule has 2 N–H and O–H groups in total. The maximum atomic E-state index is 11.9. The first-order chi connectivity index (χ1) is 15.6. The molecule has 2 aromatic rings. The fourth-order valence-electron chi connectivity index (χ4n) is 3.40. The zero-order valence-electron chi connectivity index (χ0n) is 18.9. The Labute approximate surface area is 196 Å². The summed E-state index contributed by atoms with van der Waals surface area (Å²) in [5.41, 5.74) is 0.718. The Morgan fingerprint density at radius 1 is 1.21 bits per heavy atom. The number of carboxylic acid groups (broad SMARTS) is 1. The van der Waals surface area contributed by atoms with Gasteiger partial charge >= 0.3 is 12.1 Å². The molecule has 1 saturated heterocycles. The van der Waals surface area contributed by atoms with Crippen molar-refractivity contribution in [1.29, 1.82) is 0 Å². The van der Waals surface area contributed by atoms with Gasteiger partial charge in [0.2, 0.25) is 17.2 Å². The second-order valence-electron chi connectivity index (χ2n) is 8.02. The molecular formula is C21H27ClN6O5. The minimum atomic E-state index is -1.08. The van der Waals surface area contributed by atoms with Crippen LogP contribution in [-0.4, -0.2) is 82.5 Å². The lowest BCUT2D eigenvalue weighted by Gasteiger charge is -2.38. The number of benzene rings is 1. The Kier molecular flexibility index (Phi) is 7.88. The highest BCUT2D eigenvalue weighted by molar-refractivity contribution is 6.28. The molecule has 1 aliphatic rings. The molecular weight excluding hydrogens is 452 g/mol. The van der Waals surface area contributed by atoms with Gasteiger partial charge in [-0.25, -0.2) is 9.59 Å². The second kappa shape index (κ2) is 10.6. The number of carbonyl (C=O) groups excluding carboxylic acids is 1. The zero-order chi connectivity index (χ0) is 24.1. The van der Waals surface area contributed by atoms with Crippen molar-refractivity contribution in [2.45, 2.75) is 38.4 Å². The molecule has 1 amide bonds. The smallest absolute Gasteiger partial charge is 0.414 e. The number of morpholine rings is 1. The van der Waals surface area contributed by atoms with Gasteiger partial charge in [-0.05, 0) is 43.1 Å². The standard InChI is InChI=1S/C21H27ClN6O5/c1-12-10-32-11-13(2)28(12)20-25-18(22)24-19(26-20)23-16(17(29)30)9-14-5-7-15(8-6-14)33-21(31)27(3)4/h5-8,12-13,16H,9-11H2,1-4H3,(H,29,30)(H,23,24,25,26)/t12?,13?,16-/m0/s1. The van der Waals surface area contributed by atoms with E-state index in [1.807, 2.05) is 18.7 Å². The van der Waals surface area contributed by atoms with E-state index in [1.54, 1.807) is 38.4 Å². The van der Waals surface area contributed by atoms with Crippen LogP contribution in [0, 0.1) is 0 Å². The molecule has 3 atom stereocenters. The highest BCUT2D eigenvalue weighted by Gasteiger charge is 2.29. The molecule has 12 heteroatoms. The lowest BCUT2D eigenvalue weighted by atomic mass is 10.1. The lowest BCUT2D eigenvalue weighted by molar-refractivity contribution is -0.137. The van der Waals surface area contributed by atoms with Crippen molar-refractivity contribution >= 4 is 35.6 Å². The van der Waals surface area contributed by atoms with E-state index in [1.165, 1.54) is 4.90 Å². The van der Waals surface area contributed by atoms with Crippen LogP contribution in [0.4, 0.5) is 16.7 Å². The molecule has 33 heavy (non-hydrogen) atoms. The van der Waals surface area contributed by atoms with Crippen molar-refractivity contribution in [3.8, 4) is 5.75 Å². The highest BCUT2D eigenvalue weighted by Crippen LogP contribution is 2.23. The Hall–Kier alpha value is -3.18. The zero-order valence-corrected chi connectivity index (χ0v) is 19.6. The maximum absolute atomic E-state index is 11.9. The van der Waals surface area contributed by atoms with E-state index >= 15 is 0 Å². The predicted molar refractivity (Wildman–Crippen MR) is 122 cm³/mol. The molecule has 1 aliphatic heterocycles. The van der Waals surface area contributed by atoms with Gasteiger partial charge < -0.3 is 29.7 Å². The molecule has 0 saturated carbocycles.